The molecule has 1 fully saturated rings. The quantitative estimate of drug-likeness (QED) is 0.228. The number of fused-ring (bicyclic) bond motifs is 3. The van der Waals surface area contributed by atoms with E-state index < -0.39 is 32.3 Å². The highest BCUT2D eigenvalue weighted by molar-refractivity contribution is 7.89. The summed E-state index contributed by atoms with van der Waals surface area (Å²) in [6.45, 7) is 0.378. The van der Waals surface area contributed by atoms with E-state index in [-0.39, 0.29) is 12.2 Å². The summed E-state index contributed by atoms with van der Waals surface area (Å²) in [6.07, 6.45) is 2.33. The number of carbonyl (C=O) groups excluding carboxylic acids is 1. The van der Waals surface area contributed by atoms with Crippen LogP contribution in [0.3, 0.4) is 0 Å². The van der Waals surface area contributed by atoms with Crippen LogP contribution in [0, 0.1) is 5.82 Å². The van der Waals surface area contributed by atoms with E-state index in [1.54, 1.807) is 6.07 Å². The van der Waals surface area contributed by atoms with E-state index in [0.29, 0.717) is 42.5 Å². The van der Waals surface area contributed by atoms with Gasteiger partial charge >= 0.3 is 11.6 Å². The Morgan fingerprint density at radius 1 is 1.00 bits per heavy atom. The molecular formula is C26H22FNO6S. The zero-order chi connectivity index (χ0) is 24.6. The monoisotopic (exact) mass is 495 g/mol. The van der Waals surface area contributed by atoms with Crippen molar-refractivity contribution in [3.05, 3.63) is 88.0 Å². The van der Waals surface area contributed by atoms with Crippen LogP contribution in [0.4, 0.5) is 4.39 Å². The van der Waals surface area contributed by atoms with Crippen molar-refractivity contribution in [3.8, 4) is 0 Å². The first-order valence-corrected chi connectivity index (χ1v) is 12.7. The minimum Gasteiger partial charge on any atom is -0.457 e. The van der Waals surface area contributed by atoms with Crippen molar-refractivity contribution in [2.45, 2.75) is 30.8 Å². The molecule has 1 aliphatic heterocycles. The molecule has 1 saturated heterocycles. The predicted molar refractivity (Wildman–Crippen MR) is 128 cm³/mol. The number of benzene rings is 3. The van der Waals surface area contributed by atoms with Gasteiger partial charge in [0.05, 0.1) is 5.56 Å². The fraction of sp³-hybridized carbons (Fsp3) is 0.231. The lowest BCUT2D eigenvalue weighted by Gasteiger charge is -2.26. The number of rotatable bonds is 5. The van der Waals surface area contributed by atoms with Crippen molar-refractivity contribution in [2.75, 3.05) is 13.1 Å². The number of sulfonamides is 1. The maximum absolute atomic E-state index is 14.5. The van der Waals surface area contributed by atoms with Gasteiger partial charge in [0.1, 0.15) is 22.9 Å². The van der Waals surface area contributed by atoms with Gasteiger partial charge in [-0.2, -0.15) is 4.31 Å². The number of halogens is 1. The number of carbonyl (C=O) groups is 1. The van der Waals surface area contributed by atoms with Gasteiger partial charge in [-0.3, -0.25) is 0 Å². The van der Waals surface area contributed by atoms with E-state index in [4.69, 9.17) is 9.15 Å². The smallest absolute Gasteiger partial charge is 0.338 e. The van der Waals surface area contributed by atoms with Crippen molar-refractivity contribution in [1.29, 1.82) is 0 Å². The van der Waals surface area contributed by atoms with Crippen molar-refractivity contribution >= 4 is 37.7 Å². The maximum atomic E-state index is 14.5. The van der Waals surface area contributed by atoms with E-state index in [2.05, 4.69) is 0 Å². The minimum atomic E-state index is -4.08. The summed E-state index contributed by atoms with van der Waals surface area (Å²) < 4.78 is 52.4. The van der Waals surface area contributed by atoms with Gasteiger partial charge in [0, 0.05) is 30.1 Å². The summed E-state index contributed by atoms with van der Waals surface area (Å²) in [5.41, 5.74) is 0.123. The van der Waals surface area contributed by atoms with E-state index in [1.807, 2.05) is 30.3 Å². The Morgan fingerprint density at radius 2 is 1.77 bits per heavy atom. The summed E-state index contributed by atoms with van der Waals surface area (Å²) in [4.78, 5) is 24.3. The van der Waals surface area contributed by atoms with Crippen molar-refractivity contribution in [2.24, 2.45) is 0 Å². The minimum absolute atomic E-state index is 0.0980. The van der Waals surface area contributed by atoms with Gasteiger partial charge in [-0.25, -0.2) is 22.4 Å². The average Bonchev–Trinajstić information content (AvgIpc) is 2.87. The van der Waals surface area contributed by atoms with Gasteiger partial charge in [0.2, 0.25) is 10.0 Å². The van der Waals surface area contributed by atoms with Crippen molar-refractivity contribution < 1.29 is 26.8 Å². The van der Waals surface area contributed by atoms with Gasteiger partial charge in [-0.15, -0.1) is 0 Å². The molecule has 0 bridgehead atoms. The predicted octanol–water partition coefficient (Wildman–Crippen LogP) is 4.62. The van der Waals surface area contributed by atoms with Gasteiger partial charge in [-0.1, -0.05) is 36.8 Å². The Labute approximate surface area is 200 Å². The third-order valence-electron chi connectivity index (χ3n) is 6.17. The SMILES string of the molecule is O=C(OCc1cc(=O)oc2ccc3ccccc3c12)c1ccc(F)c(S(=O)(=O)N2CCCCC2)c1. The lowest BCUT2D eigenvalue weighted by Crippen LogP contribution is -2.36. The highest BCUT2D eigenvalue weighted by Gasteiger charge is 2.29. The van der Waals surface area contributed by atoms with Crippen LogP contribution in [-0.2, 0) is 21.4 Å². The second-order valence-electron chi connectivity index (χ2n) is 8.44. The van der Waals surface area contributed by atoms with E-state index >= 15 is 0 Å². The molecule has 0 aliphatic carbocycles. The molecule has 0 saturated carbocycles. The Bertz CT molecular complexity index is 1610. The molecule has 4 aromatic rings. The topological polar surface area (TPSA) is 93.9 Å². The number of piperidine rings is 1. The summed E-state index contributed by atoms with van der Waals surface area (Å²) in [7, 11) is -4.08. The fourth-order valence-electron chi connectivity index (χ4n) is 4.43. The molecule has 0 N–H and O–H groups in total. The Morgan fingerprint density at radius 3 is 2.57 bits per heavy atom. The summed E-state index contributed by atoms with van der Waals surface area (Å²) >= 11 is 0. The molecule has 7 nitrogen and oxygen atoms in total. The Balaban J connectivity index is 1.45. The van der Waals surface area contributed by atoms with Gasteiger partial charge < -0.3 is 9.15 Å². The lowest BCUT2D eigenvalue weighted by molar-refractivity contribution is 0.0473. The van der Waals surface area contributed by atoms with Gasteiger partial charge in [0.15, 0.2) is 0 Å². The van der Waals surface area contributed by atoms with E-state index in [1.165, 1.54) is 16.4 Å². The Hall–Kier alpha value is -3.56. The molecular weight excluding hydrogens is 473 g/mol. The largest absolute Gasteiger partial charge is 0.457 e. The van der Waals surface area contributed by atoms with Crippen LogP contribution in [0.2, 0.25) is 0 Å². The zero-order valence-corrected chi connectivity index (χ0v) is 19.5. The first-order valence-electron chi connectivity index (χ1n) is 11.3. The van der Waals surface area contributed by atoms with E-state index in [9.17, 15) is 22.4 Å². The first kappa shape index (κ1) is 23.2. The number of hydrogen-bond donors (Lipinski definition) is 0. The molecule has 180 valence electrons. The maximum Gasteiger partial charge on any atom is 0.338 e. The molecule has 0 atom stereocenters. The van der Waals surface area contributed by atoms with Crippen LogP contribution in [0.1, 0.15) is 35.2 Å². The lowest BCUT2D eigenvalue weighted by atomic mass is 10.0. The third kappa shape index (κ3) is 4.44. The molecule has 2 heterocycles. The summed E-state index contributed by atoms with van der Waals surface area (Å²) in [5.74, 6) is -1.76. The Kier molecular flexibility index (Phi) is 6.12. The second kappa shape index (κ2) is 9.24. The normalized spacial score (nSPS) is 14.9. The fourth-order valence-corrected chi connectivity index (χ4v) is 6.04. The van der Waals surface area contributed by atoms with Gasteiger partial charge in [0.25, 0.3) is 0 Å². The molecule has 5 rings (SSSR count). The number of esters is 1. The third-order valence-corrected chi connectivity index (χ3v) is 8.09. The van der Waals surface area contributed by atoms with Crippen LogP contribution in [-0.4, -0.2) is 31.8 Å². The van der Waals surface area contributed by atoms with Crippen LogP contribution < -0.4 is 5.63 Å². The number of ether oxygens (including phenoxy) is 1. The molecule has 0 unspecified atom stereocenters. The molecule has 35 heavy (non-hydrogen) atoms. The molecule has 0 radical (unpaired) electrons. The summed E-state index contributed by atoms with van der Waals surface area (Å²) in [6, 6.07) is 15.4. The number of hydrogen-bond acceptors (Lipinski definition) is 6. The molecule has 0 amide bonds. The average molecular weight is 496 g/mol. The van der Waals surface area contributed by atoms with Crippen LogP contribution in [0.15, 0.2) is 74.8 Å². The molecule has 0 spiro atoms. The molecule has 1 aromatic heterocycles. The van der Waals surface area contributed by atoms with E-state index in [0.717, 1.165) is 29.3 Å². The van der Waals surface area contributed by atoms with Crippen LogP contribution >= 0.6 is 0 Å². The first-order chi connectivity index (χ1) is 16.8. The highest BCUT2D eigenvalue weighted by Crippen LogP contribution is 2.28. The van der Waals surface area contributed by atoms with Crippen LogP contribution in [0.25, 0.3) is 21.7 Å². The molecule has 9 heteroatoms. The standard InChI is InChI=1S/C26H22FNO6S/c27-21-10-8-18(14-23(21)35(31,32)28-12-4-1-5-13-28)26(30)33-16-19-15-24(29)34-22-11-9-17-6-2-3-7-20(17)25(19)22/h2-3,6-11,14-15H,1,4-5,12-13,16H2. The van der Waals surface area contributed by atoms with Crippen molar-refractivity contribution in [1.82, 2.24) is 4.31 Å². The number of nitrogens with zero attached hydrogens (tertiary/aromatic N) is 1. The zero-order valence-electron chi connectivity index (χ0n) is 18.7. The second-order valence-corrected chi connectivity index (χ2v) is 10.3. The molecule has 3 aromatic carbocycles. The van der Waals surface area contributed by atoms with Crippen molar-refractivity contribution in [3.63, 3.8) is 0 Å². The van der Waals surface area contributed by atoms with Crippen LogP contribution in [0.5, 0.6) is 0 Å². The summed E-state index contributed by atoms with van der Waals surface area (Å²) in [5, 5.41) is 2.40. The highest BCUT2D eigenvalue weighted by atomic mass is 32.2. The molecule has 1 aliphatic rings. The van der Waals surface area contributed by atoms with Gasteiger partial charge in [-0.05, 0) is 47.9 Å².